The summed E-state index contributed by atoms with van der Waals surface area (Å²) in [5.74, 6) is 0.624. The highest BCUT2D eigenvalue weighted by Gasteiger charge is 2.02. The summed E-state index contributed by atoms with van der Waals surface area (Å²) in [5, 5.41) is 14.3. The first-order valence-corrected chi connectivity index (χ1v) is 4.83. The molecule has 0 fully saturated rings. The van der Waals surface area contributed by atoms with Crippen molar-refractivity contribution in [1.82, 2.24) is 0 Å². The van der Waals surface area contributed by atoms with Crippen molar-refractivity contribution in [2.45, 2.75) is 0 Å². The average molecular weight is 231 g/mol. The molecular formula is C11H9N3O3. The largest absolute Gasteiger partial charge is 0.463 e. The Kier molecular flexibility index (Phi) is 3.15. The van der Waals surface area contributed by atoms with Gasteiger partial charge in [0.05, 0.1) is 23.1 Å². The molecule has 0 aliphatic rings. The van der Waals surface area contributed by atoms with E-state index in [0.717, 1.165) is 0 Å². The van der Waals surface area contributed by atoms with Gasteiger partial charge in [0.2, 0.25) is 0 Å². The molecular weight excluding hydrogens is 222 g/mol. The van der Waals surface area contributed by atoms with E-state index in [9.17, 15) is 10.1 Å². The molecule has 6 heteroatoms. The van der Waals surface area contributed by atoms with Gasteiger partial charge in [-0.15, -0.1) is 0 Å². The zero-order valence-corrected chi connectivity index (χ0v) is 8.74. The minimum atomic E-state index is -0.449. The molecule has 0 aliphatic carbocycles. The molecule has 6 nitrogen and oxygen atoms in total. The van der Waals surface area contributed by atoms with Crippen LogP contribution in [0.25, 0.3) is 0 Å². The average Bonchev–Trinajstić information content (AvgIpc) is 2.83. The summed E-state index contributed by atoms with van der Waals surface area (Å²) < 4.78 is 5.04. The van der Waals surface area contributed by atoms with Crippen LogP contribution in [0.2, 0.25) is 0 Å². The Morgan fingerprint density at radius 1 is 1.29 bits per heavy atom. The number of anilines is 1. The van der Waals surface area contributed by atoms with Crippen molar-refractivity contribution in [2.24, 2.45) is 5.10 Å². The molecule has 0 unspecified atom stereocenters. The van der Waals surface area contributed by atoms with Gasteiger partial charge in [0, 0.05) is 12.1 Å². The van der Waals surface area contributed by atoms with E-state index in [2.05, 4.69) is 10.5 Å². The second-order valence-electron chi connectivity index (χ2n) is 3.19. The quantitative estimate of drug-likeness (QED) is 0.498. The molecule has 1 aromatic heterocycles. The summed E-state index contributed by atoms with van der Waals surface area (Å²) in [5.41, 5.74) is 3.45. The summed E-state index contributed by atoms with van der Waals surface area (Å²) in [6, 6.07) is 9.50. The standard InChI is InChI=1S/C11H9N3O3/c15-14(16)10-5-3-9(4-6-10)13-12-8-11-2-1-7-17-11/h1-8,13H/b12-8-. The van der Waals surface area contributed by atoms with Crippen LogP contribution in [0.3, 0.4) is 0 Å². The lowest BCUT2D eigenvalue weighted by Crippen LogP contribution is -1.91. The van der Waals surface area contributed by atoms with Crippen LogP contribution < -0.4 is 5.43 Å². The highest BCUT2D eigenvalue weighted by Crippen LogP contribution is 2.15. The number of hydrogen-bond donors (Lipinski definition) is 1. The normalized spacial score (nSPS) is 10.6. The van der Waals surface area contributed by atoms with Crippen molar-refractivity contribution in [3.8, 4) is 0 Å². The molecule has 0 aliphatic heterocycles. The highest BCUT2D eigenvalue weighted by molar-refractivity contribution is 5.76. The molecule has 0 spiro atoms. The zero-order valence-electron chi connectivity index (χ0n) is 8.74. The summed E-state index contributed by atoms with van der Waals surface area (Å²) >= 11 is 0. The fraction of sp³-hybridized carbons (Fsp3) is 0. The molecule has 0 atom stereocenters. The van der Waals surface area contributed by atoms with Crippen LogP contribution in [-0.2, 0) is 0 Å². The number of hydrazone groups is 1. The molecule has 0 radical (unpaired) electrons. The van der Waals surface area contributed by atoms with Gasteiger partial charge < -0.3 is 4.42 Å². The number of nitro benzene ring substituents is 1. The maximum absolute atomic E-state index is 10.4. The van der Waals surface area contributed by atoms with E-state index in [4.69, 9.17) is 4.42 Å². The molecule has 86 valence electrons. The third-order valence-corrected chi connectivity index (χ3v) is 2.01. The molecule has 0 saturated heterocycles. The molecule has 2 rings (SSSR count). The van der Waals surface area contributed by atoms with Crippen LogP contribution in [0, 0.1) is 10.1 Å². The first kappa shape index (κ1) is 10.9. The van der Waals surface area contributed by atoms with Gasteiger partial charge in [0.15, 0.2) is 0 Å². The van der Waals surface area contributed by atoms with Crippen LogP contribution in [0.1, 0.15) is 5.76 Å². The summed E-state index contributed by atoms with van der Waals surface area (Å²) in [4.78, 5) is 9.98. The highest BCUT2D eigenvalue weighted by atomic mass is 16.6. The molecule has 1 heterocycles. The lowest BCUT2D eigenvalue weighted by Gasteiger charge is -1.98. The molecule has 0 saturated carbocycles. The van der Waals surface area contributed by atoms with Crippen molar-refractivity contribution in [1.29, 1.82) is 0 Å². The maximum atomic E-state index is 10.4. The Morgan fingerprint density at radius 3 is 2.65 bits per heavy atom. The van der Waals surface area contributed by atoms with Crippen LogP contribution >= 0.6 is 0 Å². The fourth-order valence-electron chi connectivity index (χ4n) is 1.19. The van der Waals surface area contributed by atoms with E-state index in [-0.39, 0.29) is 5.69 Å². The Balaban J connectivity index is 1.97. The van der Waals surface area contributed by atoms with Gasteiger partial charge in [-0.25, -0.2) is 0 Å². The third kappa shape index (κ3) is 2.91. The van der Waals surface area contributed by atoms with Gasteiger partial charge >= 0.3 is 0 Å². The van der Waals surface area contributed by atoms with Crippen molar-refractivity contribution in [3.63, 3.8) is 0 Å². The smallest absolute Gasteiger partial charge is 0.269 e. The topological polar surface area (TPSA) is 80.7 Å². The lowest BCUT2D eigenvalue weighted by molar-refractivity contribution is -0.384. The molecule has 2 aromatic rings. The SMILES string of the molecule is O=[N+]([O-])c1ccc(N/N=C\c2ccco2)cc1. The van der Waals surface area contributed by atoms with Crippen molar-refractivity contribution in [3.05, 3.63) is 58.5 Å². The van der Waals surface area contributed by atoms with Gasteiger partial charge in [0.25, 0.3) is 5.69 Å². The maximum Gasteiger partial charge on any atom is 0.269 e. The number of nitro groups is 1. The Bertz CT molecular complexity index is 517. The van der Waals surface area contributed by atoms with Crippen molar-refractivity contribution < 1.29 is 9.34 Å². The second kappa shape index (κ2) is 4.93. The lowest BCUT2D eigenvalue weighted by atomic mass is 10.3. The van der Waals surface area contributed by atoms with E-state index < -0.39 is 4.92 Å². The van der Waals surface area contributed by atoms with Gasteiger partial charge in [-0.05, 0) is 24.3 Å². The summed E-state index contributed by atoms with van der Waals surface area (Å²) in [7, 11) is 0. The fourth-order valence-corrected chi connectivity index (χ4v) is 1.19. The third-order valence-electron chi connectivity index (χ3n) is 2.01. The first-order valence-electron chi connectivity index (χ1n) is 4.83. The van der Waals surface area contributed by atoms with Crippen molar-refractivity contribution >= 4 is 17.6 Å². The predicted octanol–water partition coefficient (Wildman–Crippen LogP) is 2.63. The number of furan rings is 1. The van der Waals surface area contributed by atoms with Crippen LogP contribution in [-0.4, -0.2) is 11.1 Å². The van der Waals surface area contributed by atoms with Gasteiger partial charge in [-0.1, -0.05) is 0 Å². The van der Waals surface area contributed by atoms with Gasteiger partial charge in [-0.3, -0.25) is 15.5 Å². The van der Waals surface area contributed by atoms with Crippen LogP contribution in [0.15, 0.2) is 52.2 Å². The molecule has 1 N–H and O–H groups in total. The monoisotopic (exact) mass is 231 g/mol. The van der Waals surface area contributed by atoms with E-state index in [1.54, 1.807) is 30.5 Å². The second-order valence-corrected chi connectivity index (χ2v) is 3.19. The number of non-ortho nitro benzene ring substituents is 1. The molecule has 0 bridgehead atoms. The molecule has 17 heavy (non-hydrogen) atoms. The number of benzene rings is 1. The number of nitrogens with zero attached hydrogens (tertiary/aromatic N) is 2. The van der Waals surface area contributed by atoms with Gasteiger partial charge in [0.1, 0.15) is 5.76 Å². The number of nitrogens with one attached hydrogen (secondary N) is 1. The van der Waals surface area contributed by atoms with E-state index in [1.165, 1.54) is 18.3 Å². The van der Waals surface area contributed by atoms with E-state index >= 15 is 0 Å². The number of rotatable bonds is 4. The minimum Gasteiger partial charge on any atom is -0.463 e. The van der Waals surface area contributed by atoms with Crippen LogP contribution in [0.4, 0.5) is 11.4 Å². The summed E-state index contributed by atoms with van der Waals surface area (Å²) in [6.45, 7) is 0. The predicted molar refractivity (Wildman–Crippen MR) is 63.0 cm³/mol. The minimum absolute atomic E-state index is 0.0468. The van der Waals surface area contributed by atoms with E-state index in [1.807, 2.05) is 0 Å². The van der Waals surface area contributed by atoms with Gasteiger partial charge in [-0.2, -0.15) is 5.10 Å². The summed E-state index contributed by atoms with van der Waals surface area (Å²) in [6.07, 6.45) is 3.06. The van der Waals surface area contributed by atoms with E-state index in [0.29, 0.717) is 11.4 Å². The number of hydrogen-bond acceptors (Lipinski definition) is 5. The first-order chi connectivity index (χ1) is 8.25. The Morgan fingerprint density at radius 2 is 2.06 bits per heavy atom. The zero-order chi connectivity index (χ0) is 12.1. The van der Waals surface area contributed by atoms with Crippen LogP contribution in [0.5, 0.6) is 0 Å². The molecule has 1 aromatic carbocycles. The Labute approximate surface area is 96.7 Å². The Hall–Kier alpha value is -2.63. The molecule has 0 amide bonds. The van der Waals surface area contributed by atoms with Crippen molar-refractivity contribution in [2.75, 3.05) is 5.43 Å².